The number of sulfonamides is 1. The third-order valence-electron chi connectivity index (χ3n) is 2.72. The van der Waals surface area contributed by atoms with Crippen LogP contribution in [0, 0.1) is 17.0 Å². The lowest BCUT2D eigenvalue weighted by Crippen LogP contribution is -2.30. The number of nitrogens with zero attached hydrogens (tertiary/aromatic N) is 1. The van der Waals surface area contributed by atoms with Crippen LogP contribution in [0.5, 0.6) is 0 Å². The normalized spacial score (nSPS) is 11.5. The van der Waals surface area contributed by atoms with Gasteiger partial charge in [-0.3, -0.25) is 10.1 Å². The summed E-state index contributed by atoms with van der Waals surface area (Å²) in [5, 5.41) is 13.5. The largest absolute Gasteiger partial charge is 0.319 e. The van der Waals surface area contributed by atoms with Crippen LogP contribution in [0.1, 0.15) is 11.1 Å². The van der Waals surface area contributed by atoms with E-state index in [2.05, 4.69) is 10.0 Å². The van der Waals surface area contributed by atoms with Gasteiger partial charge in [0.05, 0.1) is 10.7 Å². The van der Waals surface area contributed by atoms with Gasteiger partial charge in [0, 0.05) is 24.7 Å². The van der Waals surface area contributed by atoms with Crippen molar-refractivity contribution in [2.45, 2.75) is 13.5 Å². The highest BCUT2D eigenvalue weighted by Gasteiger charge is 2.15. The molecule has 0 aliphatic heterocycles. The Bertz CT molecular complexity index is 557. The van der Waals surface area contributed by atoms with Crippen LogP contribution in [0.3, 0.4) is 0 Å². The molecule has 0 radical (unpaired) electrons. The van der Waals surface area contributed by atoms with Crippen LogP contribution < -0.4 is 10.0 Å². The molecule has 0 unspecified atom stereocenters. The van der Waals surface area contributed by atoms with Crippen molar-refractivity contribution in [2.75, 3.05) is 19.3 Å². The SMILES string of the molecule is CNCCS(=O)(=O)NCc1cccc([N+](=O)[O-])c1C. The minimum atomic E-state index is -3.37. The zero-order valence-corrected chi connectivity index (χ0v) is 11.7. The van der Waals surface area contributed by atoms with Gasteiger partial charge in [-0.1, -0.05) is 12.1 Å². The number of nitrogens with one attached hydrogen (secondary N) is 2. The molecule has 0 aromatic heterocycles. The summed E-state index contributed by atoms with van der Waals surface area (Å²) in [4.78, 5) is 10.3. The van der Waals surface area contributed by atoms with Gasteiger partial charge in [-0.15, -0.1) is 0 Å². The van der Waals surface area contributed by atoms with Crippen molar-refractivity contribution in [3.63, 3.8) is 0 Å². The molecule has 106 valence electrons. The average molecular weight is 287 g/mol. The predicted octanol–water partition coefficient (Wildman–Crippen LogP) is 0.542. The molecule has 1 aromatic rings. The Morgan fingerprint density at radius 3 is 2.63 bits per heavy atom. The van der Waals surface area contributed by atoms with E-state index in [0.717, 1.165) is 0 Å². The molecule has 7 nitrogen and oxygen atoms in total. The summed E-state index contributed by atoms with van der Waals surface area (Å²) < 4.78 is 25.6. The molecule has 0 spiro atoms. The lowest BCUT2D eigenvalue weighted by Gasteiger charge is -2.09. The Morgan fingerprint density at radius 1 is 1.37 bits per heavy atom. The van der Waals surface area contributed by atoms with Crippen molar-refractivity contribution in [1.29, 1.82) is 0 Å². The van der Waals surface area contributed by atoms with Gasteiger partial charge in [0.2, 0.25) is 10.0 Å². The van der Waals surface area contributed by atoms with E-state index in [0.29, 0.717) is 17.7 Å². The van der Waals surface area contributed by atoms with Gasteiger partial charge >= 0.3 is 0 Å². The number of hydrogen-bond acceptors (Lipinski definition) is 5. The summed E-state index contributed by atoms with van der Waals surface area (Å²) in [7, 11) is -1.71. The average Bonchev–Trinajstić information content (AvgIpc) is 2.35. The van der Waals surface area contributed by atoms with Crippen molar-refractivity contribution < 1.29 is 13.3 Å². The minimum absolute atomic E-state index is 0.00748. The Balaban J connectivity index is 2.79. The van der Waals surface area contributed by atoms with Crippen LogP contribution in [-0.4, -0.2) is 32.7 Å². The smallest absolute Gasteiger partial charge is 0.272 e. The Morgan fingerprint density at radius 2 is 2.05 bits per heavy atom. The number of rotatable bonds is 7. The first-order chi connectivity index (χ1) is 8.87. The maximum absolute atomic E-state index is 11.6. The van der Waals surface area contributed by atoms with Gasteiger partial charge in [-0.2, -0.15) is 0 Å². The molecular formula is C11H17N3O4S. The monoisotopic (exact) mass is 287 g/mol. The summed E-state index contributed by atoms with van der Waals surface area (Å²) in [5.74, 6) is -0.0303. The van der Waals surface area contributed by atoms with Crippen molar-refractivity contribution in [1.82, 2.24) is 10.0 Å². The fraction of sp³-hybridized carbons (Fsp3) is 0.455. The van der Waals surface area contributed by atoms with Crippen LogP contribution in [0.4, 0.5) is 5.69 Å². The van der Waals surface area contributed by atoms with E-state index < -0.39 is 14.9 Å². The highest BCUT2D eigenvalue weighted by Crippen LogP contribution is 2.20. The van der Waals surface area contributed by atoms with Crippen LogP contribution in [0.2, 0.25) is 0 Å². The second kappa shape index (κ2) is 6.60. The Kier molecular flexibility index (Phi) is 5.40. The molecule has 1 aromatic carbocycles. The van der Waals surface area contributed by atoms with E-state index in [1.54, 1.807) is 26.1 Å². The summed E-state index contributed by atoms with van der Waals surface area (Å²) in [6.45, 7) is 2.01. The fourth-order valence-corrected chi connectivity index (χ4v) is 2.55. The highest BCUT2D eigenvalue weighted by molar-refractivity contribution is 7.89. The summed E-state index contributed by atoms with van der Waals surface area (Å²) >= 11 is 0. The van der Waals surface area contributed by atoms with E-state index in [-0.39, 0.29) is 18.0 Å². The number of nitro benzene ring substituents is 1. The Labute approximate surface area is 112 Å². The number of nitro groups is 1. The number of benzene rings is 1. The Hall–Kier alpha value is -1.51. The van der Waals surface area contributed by atoms with E-state index in [9.17, 15) is 18.5 Å². The summed E-state index contributed by atoms with van der Waals surface area (Å²) in [5.41, 5.74) is 1.07. The minimum Gasteiger partial charge on any atom is -0.319 e. The topological polar surface area (TPSA) is 101 Å². The van der Waals surface area contributed by atoms with Gasteiger partial charge < -0.3 is 5.32 Å². The third kappa shape index (κ3) is 4.58. The first-order valence-corrected chi connectivity index (χ1v) is 7.37. The van der Waals surface area contributed by atoms with Gasteiger partial charge in [-0.25, -0.2) is 13.1 Å². The molecule has 2 N–H and O–H groups in total. The van der Waals surface area contributed by atoms with Crippen molar-refractivity contribution in [3.05, 3.63) is 39.4 Å². The molecule has 0 fully saturated rings. The predicted molar refractivity (Wildman–Crippen MR) is 72.4 cm³/mol. The molecule has 1 rings (SSSR count). The maximum Gasteiger partial charge on any atom is 0.272 e. The molecule has 0 saturated heterocycles. The molecule has 0 heterocycles. The molecule has 0 aliphatic carbocycles. The molecule has 0 bridgehead atoms. The first kappa shape index (κ1) is 15.5. The lowest BCUT2D eigenvalue weighted by molar-refractivity contribution is -0.385. The second-order valence-corrected chi connectivity index (χ2v) is 5.99. The molecule has 0 amide bonds. The van der Waals surface area contributed by atoms with Gasteiger partial charge in [0.25, 0.3) is 5.69 Å². The molecule has 19 heavy (non-hydrogen) atoms. The summed E-state index contributed by atoms with van der Waals surface area (Å²) in [6, 6.07) is 4.61. The molecular weight excluding hydrogens is 270 g/mol. The van der Waals surface area contributed by atoms with E-state index in [4.69, 9.17) is 0 Å². The zero-order valence-electron chi connectivity index (χ0n) is 10.8. The van der Waals surface area contributed by atoms with Crippen LogP contribution in [-0.2, 0) is 16.6 Å². The van der Waals surface area contributed by atoms with Crippen molar-refractivity contribution in [3.8, 4) is 0 Å². The fourth-order valence-electron chi connectivity index (χ4n) is 1.56. The highest BCUT2D eigenvalue weighted by atomic mass is 32.2. The van der Waals surface area contributed by atoms with E-state index in [1.807, 2.05) is 0 Å². The molecule has 0 atom stereocenters. The number of hydrogen-bond donors (Lipinski definition) is 2. The van der Waals surface area contributed by atoms with Gasteiger partial charge in [0.15, 0.2) is 0 Å². The van der Waals surface area contributed by atoms with Crippen LogP contribution in [0.15, 0.2) is 18.2 Å². The van der Waals surface area contributed by atoms with Crippen LogP contribution in [0.25, 0.3) is 0 Å². The maximum atomic E-state index is 11.6. The first-order valence-electron chi connectivity index (χ1n) is 5.72. The standard InChI is InChI=1S/C11H17N3O4S/c1-9-10(4-3-5-11(9)14(15)16)8-13-19(17,18)7-6-12-2/h3-5,12-13H,6-8H2,1-2H3. The third-order valence-corrected chi connectivity index (χ3v) is 4.04. The second-order valence-electron chi connectivity index (χ2n) is 4.06. The van der Waals surface area contributed by atoms with E-state index >= 15 is 0 Å². The summed E-state index contributed by atoms with van der Waals surface area (Å²) in [6.07, 6.45) is 0. The zero-order chi connectivity index (χ0) is 14.5. The van der Waals surface area contributed by atoms with Crippen molar-refractivity contribution in [2.24, 2.45) is 0 Å². The molecule has 0 saturated carbocycles. The van der Waals surface area contributed by atoms with Crippen molar-refractivity contribution >= 4 is 15.7 Å². The molecule has 0 aliphatic rings. The van der Waals surface area contributed by atoms with E-state index in [1.165, 1.54) is 6.07 Å². The van der Waals surface area contributed by atoms with Gasteiger partial charge in [0.1, 0.15) is 0 Å². The quantitative estimate of drug-likeness (QED) is 0.563. The van der Waals surface area contributed by atoms with Gasteiger partial charge in [-0.05, 0) is 19.5 Å². The van der Waals surface area contributed by atoms with Crippen LogP contribution >= 0.6 is 0 Å². The lowest BCUT2D eigenvalue weighted by atomic mass is 10.1. The molecule has 8 heteroatoms.